The molecule has 1 aromatic carbocycles. The second-order valence-corrected chi connectivity index (χ2v) is 5.86. The fraction of sp³-hybridized carbons (Fsp3) is 0.143. The fourth-order valence-corrected chi connectivity index (χ4v) is 2.64. The van der Waals surface area contributed by atoms with Gasteiger partial charge in [0.25, 0.3) is 17.6 Å². The average Bonchev–Trinajstić information content (AvgIpc) is 2.92. The first kappa shape index (κ1) is 15.2. The molecule has 4 amide bonds. The molecule has 2 aromatic rings. The molecule has 0 spiro atoms. The summed E-state index contributed by atoms with van der Waals surface area (Å²) in [5.41, 5.74) is 0.922. The van der Waals surface area contributed by atoms with Crippen LogP contribution < -0.4 is 16.0 Å². The lowest BCUT2D eigenvalue weighted by Crippen LogP contribution is -2.61. The Kier molecular flexibility index (Phi) is 3.87. The topological polar surface area (TPSA) is 120 Å². The third-order valence-corrected chi connectivity index (χ3v) is 3.91. The molecule has 1 aromatic heterocycles. The van der Waals surface area contributed by atoms with Gasteiger partial charge in [0.05, 0.1) is 5.56 Å². The van der Waals surface area contributed by atoms with Crippen LogP contribution >= 0.6 is 15.9 Å². The van der Waals surface area contributed by atoms with Crippen LogP contribution in [0.2, 0.25) is 0 Å². The van der Waals surface area contributed by atoms with Gasteiger partial charge in [0.1, 0.15) is 6.04 Å². The average molecular weight is 379 g/mol. The molecule has 4 N–H and O–H groups in total. The van der Waals surface area contributed by atoms with E-state index in [4.69, 9.17) is 0 Å². The molecule has 0 radical (unpaired) electrons. The van der Waals surface area contributed by atoms with Crippen LogP contribution in [0.3, 0.4) is 0 Å². The summed E-state index contributed by atoms with van der Waals surface area (Å²) in [7, 11) is 0. The number of fused-ring (bicyclic) bond motifs is 1. The number of aromatic nitrogens is 1. The lowest BCUT2D eigenvalue weighted by molar-refractivity contribution is -0.126. The third kappa shape index (κ3) is 2.95. The number of carbonyl (C=O) groups excluding carboxylic acids is 4. The zero-order valence-electron chi connectivity index (χ0n) is 11.6. The van der Waals surface area contributed by atoms with Gasteiger partial charge in [0.15, 0.2) is 0 Å². The number of halogens is 1. The van der Waals surface area contributed by atoms with Gasteiger partial charge in [0.2, 0.25) is 0 Å². The van der Waals surface area contributed by atoms with E-state index in [1.165, 1.54) is 6.20 Å². The largest absolute Gasteiger partial charge is 0.360 e. The zero-order chi connectivity index (χ0) is 16.6. The summed E-state index contributed by atoms with van der Waals surface area (Å²) in [6, 6.07) is 3.69. The van der Waals surface area contributed by atoms with E-state index in [0.717, 1.165) is 4.47 Å². The normalized spacial score (nSPS) is 17.5. The highest BCUT2D eigenvalue weighted by atomic mass is 79.9. The van der Waals surface area contributed by atoms with Crippen molar-refractivity contribution in [2.75, 3.05) is 6.54 Å². The zero-order valence-corrected chi connectivity index (χ0v) is 13.2. The van der Waals surface area contributed by atoms with Gasteiger partial charge in [-0.05, 0) is 18.2 Å². The number of H-pyrrole nitrogens is 1. The number of ketones is 1. The van der Waals surface area contributed by atoms with E-state index in [1.54, 1.807) is 12.1 Å². The fourth-order valence-electron chi connectivity index (χ4n) is 2.27. The van der Waals surface area contributed by atoms with Crippen LogP contribution in [0.25, 0.3) is 10.9 Å². The Labute approximate surface area is 138 Å². The predicted molar refractivity (Wildman–Crippen MR) is 83.8 cm³/mol. The van der Waals surface area contributed by atoms with Gasteiger partial charge in [0, 0.05) is 28.1 Å². The highest BCUT2D eigenvalue weighted by Crippen LogP contribution is 2.23. The van der Waals surface area contributed by atoms with Crippen LogP contribution in [-0.4, -0.2) is 41.2 Å². The van der Waals surface area contributed by atoms with Gasteiger partial charge in [-0.2, -0.15) is 0 Å². The van der Waals surface area contributed by atoms with Gasteiger partial charge in [-0.15, -0.1) is 0 Å². The van der Waals surface area contributed by atoms with Crippen LogP contribution in [-0.2, 0) is 9.59 Å². The highest BCUT2D eigenvalue weighted by Gasteiger charge is 2.30. The molecule has 1 fully saturated rings. The molecule has 0 bridgehead atoms. The van der Waals surface area contributed by atoms with Crippen molar-refractivity contribution in [3.05, 3.63) is 34.4 Å². The molecule has 1 aliphatic rings. The van der Waals surface area contributed by atoms with Crippen molar-refractivity contribution in [3.8, 4) is 0 Å². The number of urea groups is 1. The smallest absolute Gasteiger partial charge is 0.321 e. The number of aromatic amines is 1. The van der Waals surface area contributed by atoms with E-state index in [2.05, 4.69) is 31.5 Å². The first-order valence-corrected chi connectivity index (χ1v) is 7.45. The second kappa shape index (κ2) is 5.84. The quantitative estimate of drug-likeness (QED) is 0.457. The Hall–Kier alpha value is -2.68. The maximum atomic E-state index is 12.3. The summed E-state index contributed by atoms with van der Waals surface area (Å²) in [5.74, 6) is -2.34. The van der Waals surface area contributed by atoms with Crippen LogP contribution in [0.5, 0.6) is 0 Å². The molecule has 1 aliphatic heterocycles. The maximum absolute atomic E-state index is 12.3. The monoisotopic (exact) mass is 378 g/mol. The number of imide groups is 1. The predicted octanol–water partition coefficient (Wildman–Crippen LogP) is 0.437. The Morgan fingerprint density at radius 3 is 2.78 bits per heavy atom. The minimum atomic E-state index is -0.985. The van der Waals surface area contributed by atoms with Crippen molar-refractivity contribution in [3.63, 3.8) is 0 Å². The Balaban J connectivity index is 1.79. The summed E-state index contributed by atoms with van der Waals surface area (Å²) < 4.78 is 0.772. The maximum Gasteiger partial charge on any atom is 0.321 e. The summed E-state index contributed by atoms with van der Waals surface area (Å²) >= 11 is 3.31. The molecule has 3 rings (SSSR count). The molecule has 9 heteroatoms. The SMILES string of the molecule is O=C1NCC(NC(=O)C(=O)c2c[nH]c3ccc(Br)cc23)C(=O)N1. The van der Waals surface area contributed by atoms with Crippen LogP contribution in [0.1, 0.15) is 10.4 Å². The molecule has 0 aliphatic carbocycles. The molecule has 0 saturated carbocycles. The summed E-state index contributed by atoms with van der Waals surface area (Å²) in [4.78, 5) is 49.9. The summed E-state index contributed by atoms with van der Waals surface area (Å²) in [5, 5.41) is 7.30. The van der Waals surface area contributed by atoms with Crippen LogP contribution in [0, 0.1) is 0 Å². The molecule has 1 atom stereocenters. The first-order valence-electron chi connectivity index (χ1n) is 6.66. The van der Waals surface area contributed by atoms with E-state index in [-0.39, 0.29) is 12.1 Å². The molecule has 2 heterocycles. The van der Waals surface area contributed by atoms with Crippen molar-refractivity contribution >= 4 is 50.5 Å². The van der Waals surface area contributed by atoms with Crippen molar-refractivity contribution in [2.24, 2.45) is 0 Å². The summed E-state index contributed by atoms with van der Waals surface area (Å²) in [6.45, 7) is -0.0663. The number of Topliss-reactive ketones (excluding diaryl/α,β-unsaturated/α-hetero) is 1. The van der Waals surface area contributed by atoms with E-state index < -0.39 is 29.7 Å². The number of amides is 4. The third-order valence-electron chi connectivity index (χ3n) is 3.42. The molecule has 23 heavy (non-hydrogen) atoms. The van der Waals surface area contributed by atoms with Gasteiger partial charge < -0.3 is 15.6 Å². The number of benzene rings is 1. The summed E-state index contributed by atoms with van der Waals surface area (Å²) in [6.07, 6.45) is 1.45. The van der Waals surface area contributed by atoms with Gasteiger partial charge in [-0.25, -0.2) is 4.79 Å². The Morgan fingerprint density at radius 2 is 2.04 bits per heavy atom. The number of nitrogens with one attached hydrogen (secondary N) is 4. The van der Waals surface area contributed by atoms with E-state index in [1.807, 2.05) is 11.4 Å². The Bertz CT molecular complexity index is 844. The number of carbonyl (C=O) groups is 4. The minimum Gasteiger partial charge on any atom is -0.360 e. The van der Waals surface area contributed by atoms with Gasteiger partial charge >= 0.3 is 6.03 Å². The van der Waals surface area contributed by atoms with E-state index in [0.29, 0.717) is 10.9 Å². The molecular formula is C14H11BrN4O4. The van der Waals surface area contributed by atoms with E-state index >= 15 is 0 Å². The molecule has 1 saturated heterocycles. The molecule has 118 valence electrons. The number of hydrogen-bond acceptors (Lipinski definition) is 4. The lowest BCUT2D eigenvalue weighted by atomic mass is 10.1. The van der Waals surface area contributed by atoms with Crippen molar-refractivity contribution in [1.29, 1.82) is 0 Å². The molecule has 1 unspecified atom stereocenters. The van der Waals surface area contributed by atoms with E-state index in [9.17, 15) is 19.2 Å². The van der Waals surface area contributed by atoms with Crippen molar-refractivity contribution in [1.82, 2.24) is 20.9 Å². The first-order chi connectivity index (χ1) is 11.0. The lowest BCUT2D eigenvalue weighted by Gasteiger charge is -2.22. The molecule has 8 nitrogen and oxygen atoms in total. The van der Waals surface area contributed by atoms with Crippen LogP contribution in [0.15, 0.2) is 28.9 Å². The molecular weight excluding hydrogens is 368 g/mol. The van der Waals surface area contributed by atoms with Crippen molar-refractivity contribution < 1.29 is 19.2 Å². The minimum absolute atomic E-state index is 0.0663. The second-order valence-electron chi connectivity index (χ2n) is 4.95. The van der Waals surface area contributed by atoms with Crippen molar-refractivity contribution in [2.45, 2.75) is 6.04 Å². The number of hydrogen-bond donors (Lipinski definition) is 4. The Morgan fingerprint density at radius 1 is 1.26 bits per heavy atom. The van der Waals surface area contributed by atoms with Gasteiger partial charge in [-0.1, -0.05) is 15.9 Å². The van der Waals surface area contributed by atoms with Gasteiger partial charge in [-0.3, -0.25) is 19.7 Å². The highest BCUT2D eigenvalue weighted by molar-refractivity contribution is 9.10. The van der Waals surface area contributed by atoms with Crippen LogP contribution in [0.4, 0.5) is 4.79 Å². The standard InChI is InChI=1S/C14H11BrN4O4/c15-6-1-2-9-7(3-6)8(4-16-9)11(20)13(22)18-10-5-17-14(23)19-12(10)21/h1-4,10,16H,5H2,(H,18,22)(H2,17,19,21,23). The number of rotatable bonds is 3.